The molecule has 3 aromatic heterocycles. The SMILES string of the molecule is Cc1noc2nc(-c3ccc(F)cc3)cc(C(=O)N[C@@H](C)c3ccncc3)c12. The molecule has 140 valence electrons. The van der Waals surface area contributed by atoms with Crippen LogP contribution in [0.15, 0.2) is 59.4 Å². The van der Waals surface area contributed by atoms with Gasteiger partial charge in [0.05, 0.1) is 28.4 Å². The highest BCUT2D eigenvalue weighted by molar-refractivity contribution is 6.07. The van der Waals surface area contributed by atoms with E-state index in [2.05, 4.69) is 20.4 Å². The molecule has 1 amide bonds. The van der Waals surface area contributed by atoms with Crippen LogP contribution in [0.2, 0.25) is 0 Å². The predicted molar refractivity (Wildman–Crippen MR) is 102 cm³/mol. The Kier molecular flexibility index (Phi) is 4.57. The van der Waals surface area contributed by atoms with Crippen LogP contribution >= 0.6 is 0 Å². The fraction of sp³-hybridized carbons (Fsp3) is 0.143. The van der Waals surface area contributed by atoms with E-state index >= 15 is 0 Å². The summed E-state index contributed by atoms with van der Waals surface area (Å²) in [6.45, 7) is 3.65. The van der Waals surface area contributed by atoms with Gasteiger partial charge in [-0.1, -0.05) is 5.16 Å². The monoisotopic (exact) mass is 376 g/mol. The number of pyridine rings is 2. The second-order valence-corrected chi connectivity index (χ2v) is 6.49. The van der Waals surface area contributed by atoms with Gasteiger partial charge in [0.15, 0.2) is 0 Å². The van der Waals surface area contributed by atoms with Gasteiger partial charge in [0.1, 0.15) is 5.82 Å². The zero-order valence-corrected chi connectivity index (χ0v) is 15.3. The molecule has 4 aromatic rings. The third-order valence-corrected chi connectivity index (χ3v) is 4.56. The smallest absolute Gasteiger partial charge is 0.259 e. The standard InChI is InChI=1S/C21H17FN4O2/c1-12(14-7-9-23-10-8-14)24-20(27)17-11-18(15-3-5-16(22)6-4-15)25-21-19(17)13(2)26-28-21/h3-12H,1-2H3,(H,24,27)/t12-/m0/s1. The molecule has 6 nitrogen and oxygen atoms in total. The number of hydrogen-bond acceptors (Lipinski definition) is 5. The van der Waals surface area contributed by atoms with E-state index in [0.29, 0.717) is 27.9 Å². The minimum atomic E-state index is -0.343. The lowest BCUT2D eigenvalue weighted by Gasteiger charge is -2.15. The Morgan fingerprint density at radius 3 is 2.57 bits per heavy atom. The molecule has 0 aliphatic carbocycles. The molecule has 0 unspecified atom stereocenters. The lowest BCUT2D eigenvalue weighted by molar-refractivity contribution is 0.0941. The van der Waals surface area contributed by atoms with Crippen molar-refractivity contribution in [3.8, 4) is 11.3 Å². The van der Waals surface area contributed by atoms with Gasteiger partial charge >= 0.3 is 0 Å². The summed E-state index contributed by atoms with van der Waals surface area (Å²) >= 11 is 0. The number of amides is 1. The quantitative estimate of drug-likeness (QED) is 0.577. The Morgan fingerprint density at radius 2 is 1.86 bits per heavy atom. The van der Waals surface area contributed by atoms with Crippen LogP contribution in [-0.2, 0) is 0 Å². The van der Waals surface area contributed by atoms with Crippen molar-refractivity contribution in [3.05, 3.63) is 77.5 Å². The first kappa shape index (κ1) is 17.8. The maximum atomic E-state index is 13.3. The van der Waals surface area contributed by atoms with Gasteiger partial charge in [-0.25, -0.2) is 9.37 Å². The number of aromatic nitrogens is 3. The molecule has 1 atom stereocenters. The molecule has 0 aliphatic rings. The number of fused-ring (bicyclic) bond motifs is 1. The number of carbonyl (C=O) groups excluding carboxylic acids is 1. The molecule has 0 bridgehead atoms. The van der Waals surface area contributed by atoms with Crippen LogP contribution in [0, 0.1) is 12.7 Å². The van der Waals surface area contributed by atoms with E-state index < -0.39 is 0 Å². The van der Waals surface area contributed by atoms with Crippen molar-refractivity contribution in [1.29, 1.82) is 0 Å². The molecule has 28 heavy (non-hydrogen) atoms. The van der Waals surface area contributed by atoms with Gasteiger partial charge < -0.3 is 9.84 Å². The molecule has 0 saturated heterocycles. The van der Waals surface area contributed by atoms with Crippen LogP contribution in [0.1, 0.15) is 34.6 Å². The molecular formula is C21H17FN4O2. The molecule has 7 heteroatoms. The number of hydrogen-bond donors (Lipinski definition) is 1. The van der Waals surface area contributed by atoms with Gasteiger partial charge in [0.25, 0.3) is 11.6 Å². The van der Waals surface area contributed by atoms with E-state index in [1.54, 1.807) is 37.5 Å². The normalized spacial score (nSPS) is 12.1. The molecule has 0 spiro atoms. The number of rotatable bonds is 4. The average Bonchev–Trinajstić information content (AvgIpc) is 3.09. The predicted octanol–water partition coefficient (Wildman–Crippen LogP) is 4.22. The Labute approximate surface area is 160 Å². The van der Waals surface area contributed by atoms with Crippen molar-refractivity contribution in [2.75, 3.05) is 0 Å². The molecule has 0 radical (unpaired) electrons. The number of carbonyl (C=O) groups is 1. The lowest BCUT2D eigenvalue weighted by atomic mass is 10.0. The molecule has 1 aromatic carbocycles. The summed E-state index contributed by atoms with van der Waals surface area (Å²) in [4.78, 5) is 21.5. The lowest BCUT2D eigenvalue weighted by Crippen LogP contribution is -2.27. The van der Waals surface area contributed by atoms with E-state index in [4.69, 9.17) is 4.52 Å². The summed E-state index contributed by atoms with van der Waals surface area (Å²) in [7, 11) is 0. The first-order chi connectivity index (χ1) is 13.5. The van der Waals surface area contributed by atoms with Crippen molar-refractivity contribution in [2.45, 2.75) is 19.9 Å². The van der Waals surface area contributed by atoms with Gasteiger partial charge in [-0.05, 0) is 61.9 Å². The van der Waals surface area contributed by atoms with Crippen LogP contribution in [-0.4, -0.2) is 21.0 Å². The van der Waals surface area contributed by atoms with E-state index in [1.807, 2.05) is 19.1 Å². The van der Waals surface area contributed by atoms with Gasteiger partial charge in [-0.3, -0.25) is 9.78 Å². The summed E-state index contributed by atoms with van der Waals surface area (Å²) in [6, 6.07) is 11.1. The highest BCUT2D eigenvalue weighted by atomic mass is 19.1. The van der Waals surface area contributed by atoms with Crippen molar-refractivity contribution in [3.63, 3.8) is 0 Å². The van der Waals surface area contributed by atoms with Crippen molar-refractivity contribution in [2.24, 2.45) is 0 Å². The maximum absolute atomic E-state index is 13.3. The Hall–Kier alpha value is -3.61. The zero-order chi connectivity index (χ0) is 19.7. The summed E-state index contributed by atoms with van der Waals surface area (Å²) in [6.07, 6.45) is 3.36. The minimum Gasteiger partial charge on any atom is -0.345 e. The van der Waals surface area contributed by atoms with Gasteiger partial charge in [0.2, 0.25) is 0 Å². The molecule has 0 fully saturated rings. The summed E-state index contributed by atoms with van der Waals surface area (Å²) < 4.78 is 18.5. The summed E-state index contributed by atoms with van der Waals surface area (Å²) in [5, 5.41) is 7.49. The Balaban J connectivity index is 1.75. The van der Waals surface area contributed by atoms with Gasteiger partial charge in [-0.15, -0.1) is 0 Å². The summed E-state index contributed by atoms with van der Waals surface area (Å²) in [5.41, 5.74) is 3.37. The van der Waals surface area contributed by atoms with Crippen LogP contribution in [0.4, 0.5) is 4.39 Å². The third-order valence-electron chi connectivity index (χ3n) is 4.56. The van der Waals surface area contributed by atoms with Crippen LogP contribution in [0.3, 0.4) is 0 Å². The number of benzene rings is 1. The van der Waals surface area contributed by atoms with E-state index in [-0.39, 0.29) is 23.5 Å². The van der Waals surface area contributed by atoms with E-state index in [0.717, 1.165) is 5.56 Å². The topological polar surface area (TPSA) is 80.9 Å². The van der Waals surface area contributed by atoms with E-state index in [1.165, 1.54) is 12.1 Å². The third kappa shape index (κ3) is 3.34. The van der Waals surface area contributed by atoms with E-state index in [9.17, 15) is 9.18 Å². The van der Waals surface area contributed by atoms with Crippen molar-refractivity contribution >= 4 is 17.0 Å². The van der Waals surface area contributed by atoms with Crippen LogP contribution in [0.5, 0.6) is 0 Å². The average molecular weight is 376 g/mol. The highest BCUT2D eigenvalue weighted by Gasteiger charge is 2.21. The maximum Gasteiger partial charge on any atom is 0.259 e. The molecule has 4 rings (SSSR count). The first-order valence-electron chi connectivity index (χ1n) is 8.76. The van der Waals surface area contributed by atoms with Crippen LogP contribution < -0.4 is 5.32 Å². The summed E-state index contributed by atoms with van der Waals surface area (Å²) in [5.74, 6) is -0.615. The Bertz CT molecular complexity index is 1140. The molecule has 0 saturated carbocycles. The second-order valence-electron chi connectivity index (χ2n) is 6.49. The minimum absolute atomic E-state index is 0.215. The number of nitrogens with one attached hydrogen (secondary N) is 1. The number of halogens is 1. The number of aryl methyl sites for hydroxylation is 1. The second kappa shape index (κ2) is 7.19. The molecule has 0 aliphatic heterocycles. The fourth-order valence-corrected chi connectivity index (χ4v) is 3.05. The highest BCUT2D eigenvalue weighted by Crippen LogP contribution is 2.27. The van der Waals surface area contributed by atoms with Crippen molar-refractivity contribution < 1.29 is 13.7 Å². The van der Waals surface area contributed by atoms with Crippen LogP contribution in [0.25, 0.3) is 22.4 Å². The first-order valence-corrected chi connectivity index (χ1v) is 8.76. The molecule has 1 N–H and O–H groups in total. The fourth-order valence-electron chi connectivity index (χ4n) is 3.05. The van der Waals surface area contributed by atoms with Gasteiger partial charge in [0, 0.05) is 18.0 Å². The molecular weight excluding hydrogens is 359 g/mol. The zero-order valence-electron chi connectivity index (χ0n) is 15.3. The number of nitrogens with zero attached hydrogens (tertiary/aromatic N) is 3. The van der Waals surface area contributed by atoms with Crippen molar-refractivity contribution in [1.82, 2.24) is 20.4 Å². The Morgan fingerprint density at radius 1 is 1.14 bits per heavy atom. The molecule has 3 heterocycles. The van der Waals surface area contributed by atoms with Gasteiger partial charge in [-0.2, -0.15) is 0 Å². The largest absolute Gasteiger partial charge is 0.345 e.